The minimum absolute atomic E-state index is 0.0305. The van der Waals surface area contributed by atoms with Crippen LogP contribution in [0.5, 0.6) is 0 Å². The average Bonchev–Trinajstić information content (AvgIpc) is 2.39. The Bertz CT molecular complexity index is 539. The summed E-state index contributed by atoms with van der Waals surface area (Å²) in [5.74, 6) is 2.86. The second-order valence-electron chi connectivity index (χ2n) is 7.60. The topological polar surface area (TPSA) is 43.1 Å². The van der Waals surface area contributed by atoms with Crippen LogP contribution in [-0.4, -0.2) is 5.78 Å². The molecule has 2 N–H and O–H groups in total. The normalized spacial score (nSPS) is 38.1. The molecule has 106 valence electrons. The fourth-order valence-corrected chi connectivity index (χ4v) is 5.51. The maximum atomic E-state index is 13.1. The lowest BCUT2D eigenvalue weighted by Crippen LogP contribution is -2.50. The van der Waals surface area contributed by atoms with E-state index in [-0.39, 0.29) is 5.41 Å². The first-order valence-corrected chi connectivity index (χ1v) is 7.97. The minimum Gasteiger partial charge on any atom is -0.399 e. The molecule has 0 atom stereocenters. The maximum Gasteiger partial charge on any atom is 0.169 e. The van der Waals surface area contributed by atoms with Gasteiger partial charge in [-0.15, -0.1) is 0 Å². The second-order valence-corrected chi connectivity index (χ2v) is 7.60. The first-order chi connectivity index (χ1) is 9.56. The summed E-state index contributed by atoms with van der Waals surface area (Å²) >= 11 is 0. The lowest BCUT2D eigenvalue weighted by Gasteiger charge is -2.56. The zero-order chi connectivity index (χ0) is 13.9. The molecule has 1 aromatic carbocycles. The highest BCUT2D eigenvalue weighted by Gasteiger charge is 2.54. The summed E-state index contributed by atoms with van der Waals surface area (Å²) in [4.78, 5) is 13.1. The Morgan fingerprint density at radius 2 is 1.65 bits per heavy atom. The van der Waals surface area contributed by atoms with Gasteiger partial charge in [-0.05, 0) is 87.0 Å². The first kappa shape index (κ1) is 12.4. The van der Waals surface area contributed by atoms with E-state index in [0.717, 1.165) is 53.8 Å². The summed E-state index contributed by atoms with van der Waals surface area (Å²) in [6.07, 6.45) is 7.57. The molecule has 20 heavy (non-hydrogen) atoms. The van der Waals surface area contributed by atoms with Gasteiger partial charge in [-0.2, -0.15) is 0 Å². The molecule has 4 fully saturated rings. The van der Waals surface area contributed by atoms with Gasteiger partial charge in [0.05, 0.1) is 0 Å². The standard InChI is InChI=1S/C18H23NO/c1-11-4-15(2-3-16(11)19)17(20)18-8-12-5-13(9-18)7-14(6-12)10-18/h2-4,12-14H,5-10,19H2,1H3. The molecule has 0 radical (unpaired) electrons. The molecule has 0 aliphatic heterocycles. The van der Waals surface area contributed by atoms with Gasteiger partial charge in [0.15, 0.2) is 5.78 Å². The van der Waals surface area contributed by atoms with E-state index >= 15 is 0 Å². The zero-order valence-corrected chi connectivity index (χ0v) is 12.2. The van der Waals surface area contributed by atoms with E-state index in [9.17, 15) is 4.79 Å². The molecule has 0 amide bonds. The van der Waals surface area contributed by atoms with Crippen LogP contribution in [0.2, 0.25) is 0 Å². The Morgan fingerprint density at radius 1 is 1.10 bits per heavy atom. The molecule has 4 aliphatic carbocycles. The van der Waals surface area contributed by atoms with Crippen molar-refractivity contribution in [2.75, 3.05) is 5.73 Å². The molecule has 4 aliphatic rings. The van der Waals surface area contributed by atoms with Gasteiger partial charge in [0.25, 0.3) is 0 Å². The number of Topliss-reactive ketones (excluding diaryl/α,β-unsaturated/α-hetero) is 1. The number of rotatable bonds is 2. The van der Waals surface area contributed by atoms with Gasteiger partial charge >= 0.3 is 0 Å². The predicted octanol–water partition coefficient (Wildman–Crippen LogP) is 3.98. The lowest BCUT2D eigenvalue weighted by molar-refractivity contribution is -0.0353. The van der Waals surface area contributed by atoms with E-state index in [1.54, 1.807) is 0 Å². The van der Waals surface area contributed by atoms with E-state index in [0.29, 0.717) is 5.78 Å². The van der Waals surface area contributed by atoms with Crippen LogP contribution in [0.4, 0.5) is 5.69 Å². The monoisotopic (exact) mass is 269 g/mol. The molecule has 5 rings (SSSR count). The number of carbonyl (C=O) groups is 1. The third-order valence-corrected chi connectivity index (χ3v) is 6.05. The number of anilines is 1. The van der Waals surface area contributed by atoms with Crippen LogP contribution >= 0.6 is 0 Å². The van der Waals surface area contributed by atoms with Crippen molar-refractivity contribution < 1.29 is 4.79 Å². The molecular formula is C18H23NO. The number of hydrogen-bond acceptors (Lipinski definition) is 2. The highest BCUT2D eigenvalue weighted by Crippen LogP contribution is 2.60. The summed E-state index contributed by atoms with van der Waals surface area (Å²) in [5.41, 5.74) is 8.55. The van der Waals surface area contributed by atoms with E-state index in [2.05, 4.69) is 0 Å². The number of aryl methyl sites for hydroxylation is 1. The number of carbonyl (C=O) groups excluding carboxylic acids is 1. The summed E-state index contributed by atoms with van der Waals surface area (Å²) in [5, 5.41) is 0. The van der Waals surface area contributed by atoms with Crippen molar-refractivity contribution in [1.82, 2.24) is 0 Å². The molecule has 0 aromatic heterocycles. The van der Waals surface area contributed by atoms with Crippen LogP contribution in [0, 0.1) is 30.1 Å². The van der Waals surface area contributed by atoms with Crippen molar-refractivity contribution in [2.24, 2.45) is 23.2 Å². The molecule has 2 nitrogen and oxygen atoms in total. The Labute approximate surface area is 120 Å². The SMILES string of the molecule is Cc1cc(C(=O)C23CC4CC(CC(C4)C2)C3)ccc1N. The molecule has 0 spiro atoms. The van der Waals surface area contributed by atoms with Gasteiger partial charge in [-0.1, -0.05) is 0 Å². The fourth-order valence-electron chi connectivity index (χ4n) is 5.51. The van der Waals surface area contributed by atoms with Crippen molar-refractivity contribution in [3.63, 3.8) is 0 Å². The smallest absolute Gasteiger partial charge is 0.169 e. The summed E-state index contributed by atoms with van der Waals surface area (Å²) in [6.45, 7) is 1.99. The van der Waals surface area contributed by atoms with Gasteiger partial charge < -0.3 is 5.73 Å². The lowest BCUT2D eigenvalue weighted by atomic mass is 9.48. The third kappa shape index (κ3) is 1.73. The van der Waals surface area contributed by atoms with Crippen LogP contribution in [0.25, 0.3) is 0 Å². The zero-order valence-electron chi connectivity index (χ0n) is 12.2. The van der Waals surface area contributed by atoms with Gasteiger partial charge in [0.2, 0.25) is 0 Å². The van der Waals surface area contributed by atoms with Crippen LogP contribution in [0.3, 0.4) is 0 Å². The van der Waals surface area contributed by atoms with Crippen molar-refractivity contribution in [2.45, 2.75) is 45.4 Å². The van der Waals surface area contributed by atoms with Crippen LogP contribution in [0.1, 0.15) is 54.4 Å². The number of hydrogen-bond donors (Lipinski definition) is 1. The average molecular weight is 269 g/mol. The van der Waals surface area contributed by atoms with Crippen LogP contribution < -0.4 is 5.73 Å². The molecule has 4 bridgehead atoms. The molecule has 0 heterocycles. The van der Waals surface area contributed by atoms with Gasteiger partial charge in [-0.3, -0.25) is 4.79 Å². The van der Waals surface area contributed by atoms with Crippen molar-refractivity contribution in [3.8, 4) is 0 Å². The molecular weight excluding hydrogens is 246 g/mol. The molecule has 2 heteroatoms. The molecule has 0 saturated heterocycles. The van der Waals surface area contributed by atoms with Crippen molar-refractivity contribution >= 4 is 11.5 Å². The van der Waals surface area contributed by atoms with Crippen molar-refractivity contribution in [3.05, 3.63) is 29.3 Å². The van der Waals surface area contributed by atoms with E-state index in [4.69, 9.17) is 5.73 Å². The van der Waals surface area contributed by atoms with E-state index < -0.39 is 0 Å². The maximum absolute atomic E-state index is 13.1. The highest BCUT2D eigenvalue weighted by atomic mass is 16.1. The third-order valence-electron chi connectivity index (χ3n) is 6.05. The first-order valence-electron chi connectivity index (χ1n) is 7.97. The van der Waals surface area contributed by atoms with Crippen LogP contribution in [0.15, 0.2) is 18.2 Å². The Hall–Kier alpha value is -1.31. The second kappa shape index (κ2) is 4.09. The highest BCUT2D eigenvalue weighted by molar-refractivity contribution is 6.01. The van der Waals surface area contributed by atoms with Crippen LogP contribution in [-0.2, 0) is 0 Å². The van der Waals surface area contributed by atoms with Gasteiger partial charge in [0.1, 0.15) is 0 Å². The number of nitrogen functional groups attached to an aromatic ring is 1. The Morgan fingerprint density at radius 3 is 2.15 bits per heavy atom. The van der Waals surface area contributed by atoms with E-state index in [1.807, 2.05) is 25.1 Å². The minimum atomic E-state index is -0.0305. The summed E-state index contributed by atoms with van der Waals surface area (Å²) < 4.78 is 0. The number of ketones is 1. The van der Waals surface area contributed by atoms with Gasteiger partial charge in [0, 0.05) is 16.7 Å². The van der Waals surface area contributed by atoms with Gasteiger partial charge in [-0.25, -0.2) is 0 Å². The molecule has 0 unspecified atom stereocenters. The molecule has 4 saturated carbocycles. The summed E-state index contributed by atoms with van der Waals surface area (Å²) in [6, 6.07) is 5.82. The number of benzene rings is 1. The predicted molar refractivity (Wildman–Crippen MR) is 80.5 cm³/mol. The van der Waals surface area contributed by atoms with Crippen molar-refractivity contribution in [1.29, 1.82) is 0 Å². The quantitative estimate of drug-likeness (QED) is 0.652. The fraction of sp³-hybridized carbons (Fsp3) is 0.611. The largest absolute Gasteiger partial charge is 0.399 e. The molecule has 1 aromatic rings. The Balaban J connectivity index is 1.69. The summed E-state index contributed by atoms with van der Waals surface area (Å²) in [7, 11) is 0. The number of nitrogens with two attached hydrogens (primary N) is 1. The Kier molecular flexibility index (Phi) is 2.55. The van der Waals surface area contributed by atoms with E-state index in [1.165, 1.54) is 19.3 Å².